The second kappa shape index (κ2) is 5.09. The summed E-state index contributed by atoms with van der Waals surface area (Å²) in [6, 6.07) is 17.3. The molecule has 0 aliphatic carbocycles. The lowest BCUT2D eigenvalue weighted by molar-refractivity contribution is -0.789. The third-order valence-corrected chi connectivity index (χ3v) is 4.23. The van der Waals surface area contributed by atoms with E-state index >= 15 is 0 Å². The van der Waals surface area contributed by atoms with Gasteiger partial charge in [0.15, 0.2) is 0 Å². The van der Waals surface area contributed by atoms with Gasteiger partial charge >= 0.3 is 23.5 Å². The van der Waals surface area contributed by atoms with Crippen molar-refractivity contribution in [1.82, 2.24) is 5.32 Å². The Labute approximate surface area is 138 Å². The van der Waals surface area contributed by atoms with E-state index in [4.69, 9.17) is 5.73 Å². The molecule has 4 rings (SSSR count). The molecule has 2 aromatic rings. The first-order chi connectivity index (χ1) is 11.6. The minimum atomic E-state index is -1.13. The lowest BCUT2D eigenvalue weighted by atomic mass is 10.0. The van der Waals surface area contributed by atoms with Crippen LogP contribution < -0.4 is 31.3 Å². The quantitative estimate of drug-likeness (QED) is 0.396. The van der Waals surface area contributed by atoms with Gasteiger partial charge in [0.25, 0.3) is 0 Å². The molecule has 6 N–H and O–H groups in total. The normalized spacial score (nSPS) is 21.9. The molecule has 0 bridgehead atoms. The molecule has 0 unspecified atom stereocenters. The number of carbonyl (C=O) groups is 1. The predicted molar refractivity (Wildman–Crippen MR) is 90.9 cm³/mol. The number of fused-ring (bicyclic) bond motifs is 2. The van der Waals surface area contributed by atoms with Crippen molar-refractivity contribution in [3.63, 3.8) is 0 Å². The van der Waals surface area contributed by atoms with Crippen molar-refractivity contribution in [2.75, 3.05) is 17.3 Å². The van der Waals surface area contributed by atoms with E-state index in [9.17, 15) is 4.79 Å². The second-order valence-corrected chi connectivity index (χ2v) is 5.79. The summed E-state index contributed by atoms with van der Waals surface area (Å²) in [5, 5.41) is 6.20. The maximum Gasteiger partial charge on any atom is 0.361 e. The number of para-hydroxylation sites is 2. The van der Waals surface area contributed by atoms with Gasteiger partial charge < -0.3 is 4.90 Å². The Hall–Kier alpha value is -3.35. The van der Waals surface area contributed by atoms with Gasteiger partial charge in [-0.15, -0.1) is 0 Å². The first-order valence-corrected chi connectivity index (χ1v) is 7.63. The summed E-state index contributed by atoms with van der Waals surface area (Å²) < 4.78 is 0. The molecular weight excluding hydrogens is 304 g/mol. The number of nitrogens with two attached hydrogens (primary N) is 1. The molecule has 0 radical (unpaired) electrons. The SMILES string of the molecule is CN1C(=O)[C@]2([NH+]=C(N)NC(Nc3ccccc3)=[NH+]2)c2ccccc21. The molecule has 2 heterocycles. The summed E-state index contributed by atoms with van der Waals surface area (Å²) in [7, 11) is 1.75. The number of nitrogens with one attached hydrogen (secondary N) is 4. The molecule has 120 valence electrons. The standard InChI is InChI=1S/C17H16N6O/c1-23-13-10-6-5-9-12(13)17(14(23)24)21-15(18)20-16(22-17)19-11-7-3-2-4-8-11/h2-10H,1H3,(H4,18,19,20,21,22)/p+2/t17-/m0/s1. The summed E-state index contributed by atoms with van der Waals surface area (Å²) >= 11 is 0. The third-order valence-electron chi connectivity index (χ3n) is 4.23. The van der Waals surface area contributed by atoms with Crippen molar-refractivity contribution in [3.05, 3.63) is 60.2 Å². The number of amides is 1. The van der Waals surface area contributed by atoms with Gasteiger partial charge in [0, 0.05) is 7.05 Å². The highest BCUT2D eigenvalue weighted by atomic mass is 16.2. The summed E-state index contributed by atoms with van der Waals surface area (Å²) in [5.74, 6) is 0.710. The highest BCUT2D eigenvalue weighted by Gasteiger charge is 2.55. The van der Waals surface area contributed by atoms with Crippen LogP contribution in [0, 0.1) is 0 Å². The van der Waals surface area contributed by atoms with Crippen molar-refractivity contribution in [2.24, 2.45) is 5.73 Å². The van der Waals surface area contributed by atoms with Crippen LogP contribution in [0.5, 0.6) is 0 Å². The van der Waals surface area contributed by atoms with Crippen LogP contribution in [0.15, 0.2) is 54.6 Å². The van der Waals surface area contributed by atoms with E-state index in [1.54, 1.807) is 11.9 Å². The maximum absolute atomic E-state index is 12.9. The number of benzene rings is 2. The fourth-order valence-electron chi connectivity index (χ4n) is 3.15. The van der Waals surface area contributed by atoms with E-state index in [0.29, 0.717) is 11.9 Å². The first kappa shape index (κ1) is 14.3. The number of hydrogen-bond acceptors (Lipinski definition) is 4. The molecule has 2 aromatic carbocycles. The van der Waals surface area contributed by atoms with Gasteiger partial charge in [-0.05, 0) is 24.3 Å². The van der Waals surface area contributed by atoms with Crippen LogP contribution in [0.4, 0.5) is 11.4 Å². The third kappa shape index (κ3) is 2.02. The Morgan fingerprint density at radius 3 is 2.58 bits per heavy atom. The number of guanidine groups is 2. The van der Waals surface area contributed by atoms with E-state index in [1.807, 2.05) is 54.6 Å². The Balaban J connectivity index is 1.82. The number of hydrogen-bond donors (Lipinski definition) is 5. The molecule has 7 nitrogen and oxygen atoms in total. The average Bonchev–Trinajstić information content (AvgIpc) is 2.78. The Kier molecular flexibility index (Phi) is 3.02. The minimum absolute atomic E-state index is 0.125. The van der Waals surface area contributed by atoms with Crippen molar-refractivity contribution >= 4 is 29.2 Å². The Morgan fingerprint density at radius 1 is 1.08 bits per heavy atom. The van der Waals surface area contributed by atoms with Crippen LogP contribution in [0.3, 0.4) is 0 Å². The fraction of sp³-hybridized carbons (Fsp3) is 0.118. The fourth-order valence-corrected chi connectivity index (χ4v) is 3.15. The lowest BCUT2D eigenvalue weighted by Crippen LogP contribution is -3.14. The zero-order valence-corrected chi connectivity index (χ0v) is 13.1. The predicted octanol–water partition coefficient (Wildman–Crippen LogP) is -2.64. The van der Waals surface area contributed by atoms with Gasteiger partial charge in [-0.25, -0.2) is 15.3 Å². The van der Waals surface area contributed by atoms with Crippen LogP contribution in [0.25, 0.3) is 0 Å². The van der Waals surface area contributed by atoms with Crippen LogP contribution in [0.2, 0.25) is 0 Å². The van der Waals surface area contributed by atoms with Gasteiger partial charge in [-0.2, -0.15) is 5.32 Å². The van der Waals surface area contributed by atoms with E-state index in [0.717, 1.165) is 16.9 Å². The zero-order chi connectivity index (χ0) is 16.7. The molecule has 2 aliphatic heterocycles. The molecule has 1 amide bonds. The second-order valence-electron chi connectivity index (χ2n) is 5.79. The topological polar surface area (TPSA) is 98.3 Å². The Morgan fingerprint density at radius 2 is 1.79 bits per heavy atom. The number of likely N-dealkylation sites (N-methyl/N-ethyl adjacent to an activating group) is 1. The summed E-state index contributed by atoms with van der Waals surface area (Å²) in [5.41, 5.74) is 7.44. The highest BCUT2D eigenvalue weighted by molar-refractivity contribution is 6.07. The van der Waals surface area contributed by atoms with Crippen molar-refractivity contribution < 1.29 is 14.8 Å². The smallest absolute Gasteiger partial charge is 0.308 e. The van der Waals surface area contributed by atoms with Crippen molar-refractivity contribution in [2.45, 2.75) is 5.66 Å². The van der Waals surface area contributed by atoms with E-state index in [2.05, 4.69) is 20.6 Å². The van der Waals surface area contributed by atoms with E-state index in [-0.39, 0.29) is 5.91 Å². The van der Waals surface area contributed by atoms with Gasteiger partial charge in [-0.3, -0.25) is 10.5 Å². The molecule has 0 aromatic heterocycles. The number of anilines is 2. The molecule has 0 saturated carbocycles. The van der Waals surface area contributed by atoms with Crippen molar-refractivity contribution in [1.29, 1.82) is 0 Å². The minimum Gasteiger partial charge on any atom is -0.308 e. The monoisotopic (exact) mass is 322 g/mol. The van der Waals surface area contributed by atoms with Gasteiger partial charge in [0.1, 0.15) is 0 Å². The molecule has 7 heteroatoms. The molecular formula is C17H18N6O+2. The molecule has 24 heavy (non-hydrogen) atoms. The molecule has 1 atom stereocenters. The molecule has 1 spiro atoms. The van der Waals surface area contributed by atoms with Gasteiger partial charge in [-0.1, -0.05) is 30.3 Å². The summed E-state index contributed by atoms with van der Waals surface area (Å²) in [6.45, 7) is 0. The van der Waals surface area contributed by atoms with Gasteiger partial charge in [0.2, 0.25) is 0 Å². The van der Waals surface area contributed by atoms with E-state index < -0.39 is 5.66 Å². The summed E-state index contributed by atoms with van der Waals surface area (Å²) in [4.78, 5) is 20.9. The lowest BCUT2D eigenvalue weighted by Gasteiger charge is -2.21. The molecule has 0 saturated heterocycles. The molecule has 2 aliphatic rings. The highest BCUT2D eigenvalue weighted by Crippen LogP contribution is 2.32. The Bertz CT molecular complexity index is 876. The maximum atomic E-state index is 12.9. The van der Waals surface area contributed by atoms with Crippen LogP contribution >= 0.6 is 0 Å². The number of rotatable bonds is 1. The number of nitrogens with zero attached hydrogens (tertiary/aromatic N) is 1. The molecule has 0 fully saturated rings. The average molecular weight is 322 g/mol. The van der Waals surface area contributed by atoms with Crippen LogP contribution in [0.1, 0.15) is 5.56 Å². The zero-order valence-electron chi connectivity index (χ0n) is 13.1. The summed E-state index contributed by atoms with van der Waals surface area (Å²) in [6.07, 6.45) is 0. The van der Waals surface area contributed by atoms with Crippen LogP contribution in [-0.4, -0.2) is 24.9 Å². The van der Waals surface area contributed by atoms with E-state index in [1.165, 1.54) is 0 Å². The largest absolute Gasteiger partial charge is 0.361 e. The first-order valence-electron chi connectivity index (χ1n) is 7.63. The van der Waals surface area contributed by atoms with Gasteiger partial charge in [0.05, 0.1) is 16.9 Å². The van der Waals surface area contributed by atoms with Crippen molar-refractivity contribution in [3.8, 4) is 0 Å². The van der Waals surface area contributed by atoms with Crippen LogP contribution in [-0.2, 0) is 10.5 Å². The number of carbonyl (C=O) groups excluding carboxylic acids is 1.